The van der Waals surface area contributed by atoms with Crippen molar-refractivity contribution in [2.45, 2.75) is 27.7 Å². The Labute approximate surface area is 139 Å². The number of aromatic nitrogens is 1. The molecule has 1 aromatic heterocycles. The van der Waals surface area contributed by atoms with Gasteiger partial charge in [-0.15, -0.1) is 0 Å². The molecule has 4 heteroatoms. The van der Waals surface area contributed by atoms with Gasteiger partial charge in [0.1, 0.15) is 0 Å². The number of amides is 1. The van der Waals surface area contributed by atoms with Gasteiger partial charge in [0.2, 0.25) is 0 Å². The fourth-order valence-electron chi connectivity index (χ4n) is 2.90. The largest absolute Gasteiger partial charge is 0.319 e. The molecule has 1 heterocycles. The van der Waals surface area contributed by atoms with Crippen molar-refractivity contribution in [3.8, 4) is 0 Å². The lowest BCUT2D eigenvalue weighted by Crippen LogP contribution is -2.14. The van der Waals surface area contributed by atoms with Gasteiger partial charge in [-0.1, -0.05) is 35.1 Å². The zero-order valence-corrected chi connectivity index (χ0v) is 14.9. The topological polar surface area (TPSA) is 34.4 Å². The fourth-order valence-corrected chi connectivity index (χ4v) is 4.10. The van der Waals surface area contributed by atoms with Crippen LogP contribution in [0.1, 0.15) is 32.6 Å². The van der Waals surface area contributed by atoms with Crippen LogP contribution < -0.4 is 4.80 Å². The summed E-state index contributed by atoms with van der Waals surface area (Å²) in [4.78, 5) is 17.7. The molecule has 0 radical (unpaired) electrons. The lowest BCUT2D eigenvalue weighted by Gasteiger charge is -2.03. The first-order valence-corrected chi connectivity index (χ1v) is 8.41. The first-order valence-electron chi connectivity index (χ1n) is 7.60. The van der Waals surface area contributed by atoms with Crippen LogP contribution in [0.2, 0.25) is 0 Å². The summed E-state index contributed by atoms with van der Waals surface area (Å²) in [5.74, 6) is -0.178. The minimum absolute atomic E-state index is 0.178. The van der Waals surface area contributed by atoms with Crippen molar-refractivity contribution in [3.63, 3.8) is 0 Å². The third kappa shape index (κ3) is 2.86. The van der Waals surface area contributed by atoms with Crippen molar-refractivity contribution in [1.82, 2.24) is 4.57 Å². The molecule has 0 aliphatic rings. The van der Waals surface area contributed by atoms with Gasteiger partial charge in [0.25, 0.3) is 5.91 Å². The summed E-state index contributed by atoms with van der Waals surface area (Å²) in [7, 11) is 1.97. The van der Waals surface area contributed by atoms with Crippen LogP contribution in [0.3, 0.4) is 0 Å². The van der Waals surface area contributed by atoms with Crippen LogP contribution in [0, 0.1) is 27.7 Å². The lowest BCUT2D eigenvalue weighted by molar-refractivity contribution is 0.0997. The number of aryl methyl sites for hydroxylation is 5. The van der Waals surface area contributed by atoms with Crippen LogP contribution in [-0.4, -0.2) is 10.5 Å². The Kier molecular flexibility index (Phi) is 3.94. The minimum Gasteiger partial charge on any atom is -0.319 e. The molecule has 0 bridgehead atoms. The molecule has 0 saturated heterocycles. The normalized spacial score (nSPS) is 12.1. The summed E-state index contributed by atoms with van der Waals surface area (Å²) in [6.45, 7) is 8.12. The van der Waals surface area contributed by atoms with Crippen molar-refractivity contribution in [1.29, 1.82) is 0 Å². The maximum Gasteiger partial charge on any atom is 0.279 e. The second-order valence-electron chi connectivity index (χ2n) is 6.11. The Bertz CT molecular complexity index is 993. The van der Waals surface area contributed by atoms with Crippen molar-refractivity contribution in [2.75, 3.05) is 0 Å². The molecule has 0 unspecified atom stereocenters. The van der Waals surface area contributed by atoms with Crippen molar-refractivity contribution in [3.05, 3.63) is 63.0 Å². The third-order valence-corrected chi connectivity index (χ3v) is 5.13. The van der Waals surface area contributed by atoms with Gasteiger partial charge in [-0.05, 0) is 56.5 Å². The number of thiazole rings is 1. The summed E-state index contributed by atoms with van der Waals surface area (Å²) >= 11 is 1.56. The van der Waals surface area contributed by atoms with E-state index in [1.54, 1.807) is 11.3 Å². The number of nitrogens with zero attached hydrogens (tertiary/aromatic N) is 2. The molecule has 118 valence electrons. The summed E-state index contributed by atoms with van der Waals surface area (Å²) in [5.41, 5.74) is 6.29. The van der Waals surface area contributed by atoms with Gasteiger partial charge in [-0.3, -0.25) is 4.79 Å². The molecule has 2 aromatic carbocycles. The van der Waals surface area contributed by atoms with Gasteiger partial charge in [0, 0.05) is 12.6 Å². The van der Waals surface area contributed by atoms with E-state index in [0.717, 1.165) is 26.1 Å². The number of benzene rings is 2. The third-order valence-electron chi connectivity index (χ3n) is 4.05. The molecule has 0 aliphatic carbocycles. The predicted octanol–water partition coefficient (Wildman–Crippen LogP) is 4.21. The second kappa shape index (κ2) is 5.78. The van der Waals surface area contributed by atoms with Crippen molar-refractivity contribution >= 4 is 27.5 Å². The van der Waals surface area contributed by atoms with Crippen molar-refractivity contribution < 1.29 is 4.79 Å². The number of carbonyl (C=O) groups excluding carboxylic acids is 1. The predicted molar refractivity (Wildman–Crippen MR) is 96.1 cm³/mol. The lowest BCUT2D eigenvalue weighted by atomic mass is 10.1. The van der Waals surface area contributed by atoms with Crippen LogP contribution >= 0.6 is 11.3 Å². The van der Waals surface area contributed by atoms with Crippen LogP contribution in [0.25, 0.3) is 10.2 Å². The maximum absolute atomic E-state index is 12.6. The number of fused-ring (bicyclic) bond motifs is 1. The highest BCUT2D eigenvalue weighted by Crippen LogP contribution is 2.22. The Morgan fingerprint density at radius 3 is 2.48 bits per heavy atom. The zero-order valence-electron chi connectivity index (χ0n) is 14.1. The minimum atomic E-state index is -0.178. The number of hydrogen-bond acceptors (Lipinski definition) is 2. The van der Waals surface area contributed by atoms with E-state index in [1.165, 1.54) is 11.1 Å². The highest BCUT2D eigenvalue weighted by molar-refractivity contribution is 7.16. The van der Waals surface area contributed by atoms with Gasteiger partial charge < -0.3 is 4.57 Å². The molecule has 0 aliphatic heterocycles. The molecule has 3 rings (SSSR count). The fraction of sp³-hybridized carbons (Fsp3) is 0.263. The molecule has 0 N–H and O–H groups in total. The first kappa shape index (κ1) is 15.7. The molecule has 1 amide bonds. The standard InChI is InChI=1S/C19H20N2OS/c1-11-6-7-13(3)15(9-11)18(22)20-19-21(5)17-14(4)8-12(2)10-16(17)23-19/h6-10H,1-5H3. The molecule has 0 saturated carbocycles. The Morgan fingerprint density at radius 2 is 1.74 bits per heavy atom. The van der Waals surface area contributed by atoms with Gasteiger partial charge in [-0.25, -0.2) is 0 Å². The van der Waals surface area contributed by atoms with Crippen LogP contribution in [0.15, 0.2) is 35.3 Å². The number of hydrogen-bond donors (Lipinski definition) is 0. The molecular weight excluding hydrogens is 304 g/mol. The quantitative estimate of drug-likeness (QED) is 0.660. The second-order valence-corrected chi connectivity index (χ2v) is 7.12. The first-order chi connectivity index (χ1) is 10.9. The molecular formula is C19H20N2OS. The highest BCUT2D eigenvalue weighted by atomic mass is 32.1. The average Bonchev–Trinajstić information content (AvgIpc) is 2.77. The van der Waals surface area contributed by atoms with E-state index in [9.17, 15) is 4.79 Å². The van der Waals surface area contributed by atoms with E-state index in [0.29, 0.717) is 5.56 Å². The zero-order chi connectivity index (χ0) is 16.7. The molecule has 0 spiro atoms. The van der Waals surface area contributed by atoms with E-state index < -0.39 is 0 Å². The monoisotopic (exact) mass is 324 g/mol. The molecule has 3 nitrogen and oxygen atoms in total. The molecule has 3 aromatic rings. The van der Waals surface area contributed by atoms with E-state index in [1.807, 2.05) is 43.7 Å². The molecule has 23 heavy (non-hydrogen) atoms. The number of carbonyl (C=O) groups is 1. The summed E-state index contributed by atoms with van der Waals surface area (Å²) in [6, 6.07) is 10.2. The molecule has 0 atom stereocenters. The SMILES string of the molecule is Cc1ccc(C)c(C(=O)N=c2sc3cc(C)cc(C)c3n2C)c1. The summed E-state index contributed by atoms with van der Waals surface area (Å²) in [6.07, 6.45) is 0. The van der Waals surface area contributed by atoms with Gasteiger partial charge >= 0.3 is 0 Å². The average molecular weight is 324 g/mol. The van der Waals surface area contributed by atoms with E-state index in [-0.39, 0.29) is 5.91 Å². The van der Waals surface area contributed by atoms with Crippen LogP contribution in [-0.2, 0) is 7.05 Å². The van der Waals surface area contributed by atoms with Crippen molar-refractivity contribution in [2.24, 2.45) is 12.0 Å². The Balaban J connectivity index is 2.18. The maximum atomic E-state index is 12.6. The van der Waals surface area contributed by atoms with E-state index >= 15 is 0 Å². The molecule has 0 fully saturated rings. The number of rotatable bonds is 1. The Morgan fingerprint density at radius 1 is 1.00 bits per heavy atom. The highest BCUT2D eigenvalue weighted by Gasteiger charge is 2.11. The van der Waals surface area contributed by atoms with Gasteiger partial charge in [-0.2, -0.15) is 4.99 Å². The van der Waals surface area contributed by atoms with Gasteiger partial charge in [0.15, 0.2) is 4.80 Å². The van der Waals surface area contributed by atoms with Crippen LogP contribution in [0.4, 0.5) is 0 Å². The summed E-state index contributed by atoms with van der Waals surface area (Å²) in [5, 5.41) is 0. The van der Waals surface area contributed by atoms with Crippen LogP contribution in [0.5, 0.6) is 0 Å². The van der Waals surface area contributed by atoms with E-state index in [4.69, 9.17) is 0 Å². The van der Waals surface area contributed by atoms with E-state index in [2.05, 4.69) is 31.0 Å². The smallest absolute Gasteiger partial charge is 0.279 e. The summed E-state index contributed by atoms with van der Waals surface area (Å²) < 4.78 is 3.18. The van der Waals surface area contributed by atoms with Gasteiger partial charge in [0.05, 0.1) is 10.2 Å². The Hall–Kier alpha value is -2.20.